The summed E-state index contributed by atoms with van der Waals surface area (Å²) >= 11 is 0. The summed E-state index contributed by atoms with van der Waals surface area (Å²) in [5.74, 6) is 0. The first kappa shape index (κ1) is 24.8. The minimum atomic E-state index is -5.05. The number of phosphoric acid groups is 1. The highest BCUT2D eigenvalue weighted by atomic mass is 31.2. The number of aliphatic hydroxyl groups excluding tert-OH is 5. The van der Waals surface area contributed by atoms with E-state index in [0.29, 0.717) is 0 Å². The molecule has 0 aliphatic rings. The standard InChI is InChI=1S/C12H27O12P/c1-3-22-5-7(14)10(16)8(15)6-23-12(17)11(9(4-13)21-2)24-25(18,19)20/h7-17H,3-6H2,1-2H3,(H2,18,19,20). The third-order valence-electron chi connectivity index (χ3n) is 3.11. The number of phosphoric ester groups is 1. The van der Waals surface area contributed by atoms with E-state index in [-0.39, 0.29) is 13.2 Å². The zero-order chi connectivity index (χ0) is 19.6. The van der Waals surface area contributed by atoms with Crippen LogP contribution >= 0.6 is 7.82 Å². The number of ether oxygens (including phenoxy) is 3. The molecule has 12 nitrogen and oxygen atoms in total. The molecule has 0 aromatic heterocycles. The summed E-state index contributed by atoms with van der Waals surface area (Å²) in [4.78, 5) is 17.7. The summed E-state index contributed by atoms with van der Waals surface area (Å²) in [6, 6.07) is 0. The number of aliphatic hydroxyl groups is 5. The first-order valence-electron chi connectivity index (χ1n) is 7.36. The normalized spacial score (nSPS) is 19.9. The van der Waals surface area contributed by atoms with Crippen molar-refractivity contribution in [3.63, 3.8) is 0 Å². The highest BCUT2D eigenvalue weighted by molar-refractivity contribution is 7.46. The molecule has 0 aromatic carbocycles. The molecule has 6 unspecified atom stereocenters. The van der Waals surface area contributed by atoms with Crippen molar-refractivity contribution in [1.29, 1.82) is 0 Å². The molecule has 6 atom stereocenters. The van der Waals surface area contributed by atoms with Crippen LogP contribution in [-0.4, -0.2) is 106 Å². The van der Waals surface area contributed by atoms with Crippen molar-refractivity contribution in [3.05, 3.63) is 0 Å². The summed E-state index contributed by atoms with van der Waals surface area (Å²) < 4.78 is 29.7. The molecule has 0 rings (SSSR count). The highest BCUT2D eigenvalue weighted by Crippen LogP contribution is 2.39. The van der Waals surface area contributed by atoms with Crippen LogP contribution in [0.2, 0.25) is 0 Å². The zero-order valence-electron chi connectivity index (χ0n) is 13.9. The predicted molar refractivity (Wildman–Crippen MR) is 81.3 cm³/mol. The lowest BCUT2D eigenvalue weighted by Crippen LogP contribution is -2.47. The maximum atomic E-state index is 11.0. The van der Waals surface area contributed by atoms with Crippen LogP contribution in [0.3, 0.4) is 0 Å². The lowest BCUT2D eigenvalue weighted by atomic mass is 10.1. The van der Waals surface area contributed by atoms with Gasteiger partial charge in [0, 0.05) is 13.7 Å². The molecule has 0 aliphatic carbocycles. The van der Waals surface area contributed by atoms with Crippen molar-refractivity contribution in [2.24, 2.45) is 0 Å². The van der Waals surface area contributed by atoms with Gasteiger partial charge in [0.25, 0.3) is 0 Å². The van der Waals surface area contributed by atoms with Gasteiger partial charge < -0.3 is 49.5 Å². The van der Waals surface area contributed by atoms with Crippen molar-refractivity contribution < 1.29 is 58.6 Å². The molecule has 0 heterocycles. The summed E-state index contributed by atoms with van der Waals surface area (Å²) in [5, 5.41) is 48.0. The van der Waals surface area contributed by atoms with E-state index < -0.39 is 57.8 Å². The predicted octanol–water partition coefficient (Wildman–Crippen LogP) is -3.07. The van der Waals surface area contributed by atoms with Gasteiger partial charge in [-0.1, -0.05) is 0 Å². The molecule has 0 bridgehead atoms. The van der Waals surface area contributed by atoms with Gasteiger partial charge in [-0.05, 0) is 6.92 Å². The lowest BCUT2D eigenvalue weighted by Gasteiger charge is -2.30. The van der Waals surface area contributed by atoms with E-state index in [1.165, 1.54) is 0 Å². The first-order chi connectivity index (χ1) is 11.6. The Bertz CT molecular complexity index is 386. The summed E-state index contributed by atoms with van der Waals surface area (Å²) in [6.45, 7) is 0.255. The molecule has 0 fully saturated rings. The van der Waals surface area contributed by atoms with E-state index in [2.05, 4.69) is 4.52 Å². The maximum absolute atomic E-state index is 11.0. The van der Waals surface area contributed by atoms with Crippen molar-refractivity contribution in [1.82, 2.24) is 0 Å². The second-order valence-corrected chi connectivity index (χ2v) is 6.22. The molecule has 7 N–H and O–H groups in total. The largest absolute Gasteiger partial charge is 0.470 e. The average Bonchev–Trinajstić information content (AvgIpc) is 2.55. The van der Waals surface area contributed by atoms with Gasteiger partial charge in [-0.25, -0.2) is 4.57 Å². The molecule has 0 saturated carbocycles. The maximum Gasteiger partial charge on any atom is 0.470 e. The zero-order valence-corrected chi connectivity index (χ0v) is 14.8. The van der Waals surface area contributed by atoms with Gasteiger partial charge in [0.2, 0.25) is 0 Å². The molecule has 13 heteroatoms. The van der Waals surface area contributed by atoms with Crippen molar-refractivity contribution in [3.8, 4) is 0 Å². The van der Waals surface area contributed by atoms with E-state index in [4.69, 9.17) is 29.1 Å². The number of methoxy groups -OCH3 is 1. The van der Waals surface area contributed by atoms with Crippen LogP contribution < -0.4 is 0 Å². The van der Waals surface area contributed by atoms with Crippen LogP contribution in [0.1, 0.15) is 6.92 Å². The SMILES string of the molecule is CCOCC(O)C(O)C(O)COC(O)C(OP(=O)(O)O)C(CO)OC. The van der Waals surface area contributed by atoms with Gasteiger partial charge in [0.15, 0.2) is 6.29 Å². The van der Waals surface area contributed by atoms with Crippen LogP contribution in [0.25, 0.3) is 0 Å². The van der Waals surface area contributed by atoms with Crippen LogP contribution in [0.15, 0.2) is 0 Å². The highest BCUT2D eigenvalue weighted by Gasteiger charge is 2.36. The molecule has 0 spiro atoms. The van der Waals surface area contributed by atoms with Gasteiger partial charge in [-0.3, -0.25) is 4.52 Å². The van der Waals surface area contributed by atoms with Crippen molar-refractivity contribution in [2.75, 3.05) is 33.5 Å². The Hall–Kier alpha value is -0.210. The fraction of sp³-hybridized carbons (Fsp3) is 1.00. The summed E-state index contributed by atoms with van der Waals surface area (Å²) in [7, 11) is -3.95. The van der Waals surface area contributed by atoms with Gasteiger partial charge in [0.1, 0.15) is 30.5 Å². The second kappa shape index (κ2) is 12.2. The molecule has 0 aromatic rings. The fourth-order valence-electron chi connectivity index (χ4n) is 1.76. The van der Waals surface area contributed by atoms with E-state index in [1.54, 1.807) is 6.92 Å². The number of rotatable bonds is 14. The van der Waals surface area contributed by atoms with Crippen LogP contribution in [-0.2, 0) is 23.3 Å². The molecule has 152 valence electrons. The quantitative estimate of drug-likeness (QED) is 0.116. The van der Waals surface area contributed by atoms with E-state index in [9.17, 15) is 25.0 Å². The smallest absolute Gasteiger partial charge is 0.394 e. The van der Waals surface area contributed by atoms with E-state index >= 15 is 0 Å². The van der Waals surface area contributed by atoms with Gasteiger partial charge in [-0.15, -0.1) is 0 Å². The minimum Gasteiger partial charge on any atom is -0.394 e. The van der Waals surface area contributed by atoms with Crippen LogP contribution in [0, 0.1) is 0 Å². The Balaban J connectivity index is 4.72. The first-order valence-corrected chi connectivity index (χ1v) is 8.89. The molecule has 25 heavy (non-hydrogen) atoms. The molecular weight excluding hydrogens is 367 g/mol. The van der Waals surface area contributed by atoms with Gasteiger partial charge >= 0.3 is 7.82 Å². The molecule has 0 aliphatic heterocycles. The summed E-state index contributed by atoms with van der Waals surface area (Å²) in [6.07, 6.45) is -9.86. The van der Waals surface area contributed by atoms with E-state index in [1.807, 2.05) is 0 Å². The minimum absolute atomic E-state index is 0.239. The van der Waals surface area contributed by atoms with Crippen molar-refractivity contribution in [2.45, 2.75) is 43.7 Å². The van der Waals surface area contributed by atoms with Gasteiger partial charge in [0.05, 0.1) is 19.8 Å². The van der Waals surface area contributed by atoms with Crippen molar-refractivity contribution >= 4 is 7.82 Å². The van der Waals surface area contributed by atoms with Crippen LogP contribution in [0.5, 0.6) is 0 Å². The average molecular weight is 394 g/mol. The molecular formula is C12H27O12P. The lowest BCUT2D eigenvalue weighted by molar-refractivity contribution is -0.211. The molecule has 0 saturated heterocycles. The Morgan fingerprint density at radius 2 is 1.60 bits per heavy atom. The Kier molecular flexibility index (Phi) is 12.1. The number of hydrogen-bond donors (Lipinski definition) is 7. The molecule has 0 radical (unpaired) electrons. The Morgan fingerprint density at radius 1 is 1.04 bits per heavy atom. The number of hydrogen-bond acceptors (Lipinski definition) is 10. The Labute approximate surface area is 144 Å². The monoisotopic (exact) mass is 394 g/mol. The summed E-state index contributed by atoms with van der Waals surface area (Å²) in [5.41, 5.74) is 0. The topological polar surface area (TPSA) is 196 Å². The van der Waals surface area contributed by atoms with Crippen LogP contribution in [0.4, 0.5) is 0 Å². The fourth-order valence-corrected chi connectivity index (χ4v) is 2.32. The third kappa shape index (κ3) is 9.89. The third-order valence-corrected chi connectivity index (χ3v) is 3.63. The second-order valence-electron chi connectivity index (χ2n) is 5.03. The Morgan fingerprint density at radius 3 is 2.04 bits per heavy atom. The van der Waals surface area contributed by atoms with Gasteiger partial charge in [-0.2, -0.15) is 0 Å². The van der Waals surface area contributed by atoms with E-state index in [0.717, 1.165) is 7.11 Å². The molecule has 0 amide bonds.